The zero-order chi connectivity index (χ0) is 23.1. The van der Waals surface area contributed by atoms with Crippen LogP contribution in [0.2, 0.25) is 0 Å². The number of aromatic nitrogens is 4. The van der Waals surface area contributed by atoms with Crippen LogP contribution in [0, 0.1) is 6.92 Å². The minimum atomic E-state index is 0.0865. The summed E-state index contributed by atoms with van der Waals surface area (Å²) in [5.74, 6) is 2.37. The molecule has 0 unspecified atom stereocenters. The van der Waals surface area contributed by atoms with Gasteiger partial charge in [-0.3, -0.25) is 4.90 Å². The second-order valence-electron chi connectivity index (χ2n) is 9.12. The fourth-order valence-corrected chi connectivity index (χ4v) is 4.78. The molecule has 2 aromatic heterocycles. The van der Waals surface area contributed by atoms with Crippen LogP contribution in [0.15, 0.2) is 24.4 Å². The molecule has 0 amide bonds. The van der Waals surface area contributed by atoms with Crippen LogP contribution in [0.25, 0.3) is 16.7 Å². The number of benzene rings is 1. The van der Waals surface area contributed by atoms with E-state index < -0.39 is 0 Å². The number of hydrogen-bond donors (Lipinski definition) is 0. The Bertz CT molecular complexity index is 1170. The summed E-state index contributed by atoms with van der Waals surface area (Å²) in [7, 11) is 1.59. The summed E-state index contributed by atoms with van der Waals surface area (Å²) < 4.78 is 24.4. The van der Waals surface area contributed by atoms with Crippen molar-refractivity contribution in [3.05, 3.63) is 30.0 Å². The fourth-order valence-electron chi connectivity index (χ4n) is 4.78. The SMILES string of the molecule is COc1nc(N2CCN(C3COC3)CC2)cc(-n2ncc3cc(C)c(O[C@@H]4CCOC4)cc32)n1. The van der Waals surface area contributed by atoms with Gasteiger partial charge in [0.2, 0.25) is 0 Å². The van der Waals surface area contributed by atoms with Crippen molar-refractivity contribution in [2.45, 2.75) is 25.5 Å². The number of hydrogen-bond acceptors (Lipinski definition) is 9. The molecule has 34 heavy (non-hydrogen) atoms. The van der Waals surface area contributed by atoms with Crippen molar-refractivity contribution < 1.29 is 18.9 Å². The van der Waals surface area contributed by atoms with E-state index in [0.29, 0.717) is 24.5 Å². The highest BCUT2D eigenvalue weighted by atomic mass is 16.5. The van der Waals surface area contributed by atoms with Crippen molar-refractivity contribution in [3.63, 3.8) is 0 Å². The molecule has 10 heteroatoms. The molecular formula is C24H30N6O4. The Hall–Kier alpha value is -2.95. The Kier molecular flexibility index (Phi) is 5.72. The summed E-state index contributed by atoms with van der Waals surface area (Å²) in [6, 6.07) is 7.03. The number of piperazine rings is 1. The molecule has 5 heterocycles. The van der Waals surface area contributed by atoms with E-state index in [0.717, 1.165) is 80.5 Å². The van der Waals surface area contributed by atoms with Gasteiger partial charge in [0.25, 0.3) is 0 Å². The van der Waals surface area contributed by atoms with Crippen molar-refractivity contribution in [2.75, 3.05) is 64.6 Å². The highest BCUT2D eigenvalue weighted by Gasteiger charge is 2.29. The second kappa shape index (κ2) is 9.01. The third kappa shape index (κ3) is 4.06. The van der Waals surface area contributed by atoms with Crippen LogP contribution in [0.1, 0.15) is 12.0 Å². The molecule has 6 rings (SSSR count). The lowest BCUT2D eigenvalue weighted by Crippen LogP contribution is -2.56. The lowest BCUT2D eigenvalue weighted by molar-refractivity contribution is -0.0661. The number of nitrogens with zero attached hydrogens (tertiary/aromatic N) is 6. The average Bonchev–Trinajstić information content (AvgIpc) is 3.48. The molecular weight excluding hydrogens is 436 g/mol. The van der Waals surface area contributed by atoms with Gasteiger partial charge in [0, 0.05) is 50.1 Å². The Morgan fingerprint density at radius 1 is 0.971 bits per heavy atom. The fraction of sp³-hybridized carbons (Fsp3) is 0.542. The van der Waals surface area contributed by atoms with E-state index in [1.807, 2.05) is 23.0 Å². The maximum atomic E-state index is 6.24. The molecule has 0 spiro atoms. The first-order valence-corrected chi connectivity index (χ1v) is 11.9. The van der Waals surface area contributed by atoms with Gasteiger partial charge in [-0.1, -0.05) is 0 Å². The zero-order valence-corrected chi connectivity index (χ0v) is 19.6. The van der Waals surface area contributed by atoms with Gasteiger partial charge in [0.05, 0.1) is 51.3 Å². The van der Waals surface area contributed by atoms with Gasteiger partial charge < -0.3 is 23.8 Å². The minimum absolute atomic E-state index is 0.0865. The molecule has 3 aliphatic rings. The van der Waals surface area contributed by atoms with Crippen LogP contribution < -0.4 is 14.4 Å². The number of anilines is 1. The first-order valence-electron chi connectivity index (χ1n) is 11.9. The molecule has 3 aromatic rings. The molecule has 3 aliphatic heterocycles. The lowest BCUT2D eigenvalue weighted by Gasteiger charge is -2.42. The predicted octanol–water partition coefficient (Wildman–Crippen LogP) is 1.82. The maximum Gasteiger partial charge on any atom is 0.320 e. The number of methoxy groups -OCH3 is 1. The first-order chi connectivity index (χ1) is 16.7. The molecule has 0 radical (unpaired) electrons. The summed E-state index contributed by atoms with van der Waals surface area (Å²) in [6.45, 7) is 8.90. The van der Waals surface area contributed by atoms with Gasteiger partial charge in [-0.15, -0.1) is 0 Å². The monoisotopic (exact) mass is 466 g/mol. The Morgan fingerprint density at radius 3 is 2.50 bits per heavy atom. The highest BCUT2D eigenvalue weighted by Crippen LogP contribution is 2.30. The third-order valence-corrected chi connectivity index (χ3v) is 6.90. The molecule has 1 aromatic carbocycles. The zero-order valence-electron chi connectivity index (χ0n) is 19.6. The minimum Gasteiger partial charge on any atom is -0.488 e. The largest absolute Gasteiger partial charge is 0.488 e. The van der Waals surface area contributed by atoms with Gasteiger partial charge in [-0.25, -0.2) is 4.68 Å². The highest BCUT2D eigenvalue weighted by molar-refractivity contribution is 5.83. The summed E-state index contributed by atoms with van der Waals surface area (Å²) in [6.07, 6.45) is 2.85. The van der Waals surface area contributed by atoms with Gasteiger partial charge in [0.15, 0.2) is 5.82 Å². The maximum absolute atomic E-state index is 6.24. The predicted molar refractivity (Wildman–Crippen MR) is 126 cm³/mol. The van der Waals surface area contributed by atoms with Crippen LogP contribution >= 0.6 is 0 Å². The van der Waals surface area contributed by atoms with E-state index in [1.165, 1.54) is 0 Å². The molecule has 0 bridgehead atoms. The molecule has 0 N–H and O–H groups in total. The molecule has 10 nitrogen and oxygen atoms in total. The Balaban J connectivity index is 1.30. The number of rotatable bonds is 6. The normalized spacial score (nSPS) is 21.7. The topological polar surface area (TPSA) is 87.0 Å². The molecule has 3 saturated heterocycles. The van der Waals surface area contributed by atoms with Crippen molar-refractivity contribution in [1.29, 1.82) is 0 Å². The van der Waals surface area contributed by atoms with Crippen molar-refractivity contribution in [1.82, 2.24) is 24.6 Å². The van der Waals surface area contributed by atoms with Crippen molar-refractivity contribution in [2.24, 2.45) is 0 Å². The van der Waals surface area contributed by atoms with Crippen LogP contribution in [-0.2, 0) is 9.47 Å². The quantitative estimate of drug-likeness (QED) is 0.540. The summed E-state index contributed by atoms with van der Waals surface area (Å²) in [5.41, 5.74) is 2.01. The van der Waals surface area contributed by atoms with E-state index in [9.17, 15) is 0 Å². The summed E-state index contributed by atoms with van der Waals surface area (Å²) in [5, 5.41) is 5.68. The Labute approximate surface area is 198 Å². The third-order valence-electron chi connectivity index (χ3n) is 6.90. The van der Waals surface area contributed by atoms with E-state index >= 15 is 0 Å². The molecule has 3 fully saturated rings. The Morgan fingerprint density at radius 2 is 1.79 bits per heavy atom. The van der Waals surface area contributed by atoms with E-state index in [-0.39, 0.29) is 6.10 Å². The smallest absolute Gasteiger partial charge is 0.320 e. The molecule has 0 aliphatic carbocycles. The second-order valence-corrected chi connectivity index (χ2v) is 9.12. The standard InChI is InChI=1S/C24H30N6O4/c1-16-9-17-12-25-30(20(17)10-21(16)34-19-3-8-32-15-19)23-11-22(26-24(27-23)31-2)29-6-4-28(5-7-29)18-13-33-14-18/h9-12,18-19H,3-8,13-15H2,1-2H3/t19-/m1/s1. The van der Waals surface area contributed by atoms with E-state index in [4.69, 9.17) is 18.9 Å². The molecule has 1 atom stereocenters. The number of fused-ring (bicyclic) bond motifs is 1. The number of aryl methyl sites for hydroxylation is 1. The van der Waals surface area contributed by atoms with Crippen LogP contribution in [0.3, 0.4) is 0 Å². The summed E-state index contributed by atoms with van der Waals surface area (Å²) >= 11 is 0. The van der Waals surface area contributed by atoms with Crippen LogP contribution in [0.5, 0.6) is 11.8 Å². The van der Waals surface area contributed by atoms with Crippen LogP contribution in [-0.4, -0.2) is 96.5 Å². The molecule has 0 saturated carbocycles. The summed E-state index contributed by atoms with van der Waals surface area (Å²) in [4.78, 5) is 14.0. The average molecular weight is 467 g/mol. The van der Waals surface area contributed by atoms with Crippen LogP contribution in [0.4, 0.5) is 5.82 Å². The molecule has 180 valence electrons. The van der Waals surface area contributed by atoms with Gasteiger partial charge in [-0.05, 0) is 18.6 Å². The van der Waals surface area contributed by atoms with E-state index in [1.54, 1.807) is 7.11 Å². The van der Waals surface area contributed by atoms with Crippen molar-refractivity contribution >= 4 is 16.7 Å². The van der Waals surface area contributed by atoms with E-state index in [2.05, 4.69) is 37.9 Å². The van der Waals surface area contributed by atoms with Crippen molar-refractivity contribution in [3.8, 4) is 17.6 Å². The lowest BCUT2D eigenvalue weighted by atomic mass is 10.1. The van der Waals surface area contributed by atoms with Gasteiger partial charge in [0.1, 0.15) is 17.7 Å². The van der Waals surface area contributed by atoms with Gasteiger partial charge in [-0.2, -0.15) is 15.1 Å². The first kappa shape index (κ1) is 21.6. The number of ether oxygens (including phenoxy) is 4. The van der Waals surface area contributed by atoms with Gasteiger partial charge >= 0.3 is 6.01 Å².